The van der Waals surface area contributed by atoms with E-state index in [1.165, 1.54) is 0 Å². The molecule has 1 aromatic carbocycles. The molecule has 3 nitrogen and oxygen atoms in total. The van der Waals surface area contributed by atoms with Crippen LogP contribution in [0, 0.1) is 11.3 Å². The fraction of sp³-hybridized carbons (Fsp3) is 0.0714. The van der Waals surface area contributed by atoms with E-state index >= 15 is 0 Å². The molecule has 0 aliphatic rings. The lowest BCUT2D eigenvalue weighted by Gasteiger charge is -2.03. The SMILES string of the molecule is CSc1nc2nc(C#N)c(Sc3cccc(Br)c3)cc2s1. The molecule has 0 atom stereocenters. The number of thioether (sulfide) groups is 1. The largest absolute Gasteiger partial charge is 0.215 e. The van der Waals surface area contributed by atoms with Crippen molar-refractivity contribution in [2.45, 2.75) is 14.1 Å². The minimum absolute atomic E-state index is 0.422. The summed E-state index contributed by atoms with van der Waals surface area (Å²) in [5.41, 5.74) is 1.07. The van der Waals surface area contributed by atoms with Gasteiger partial charge in [-0.25, -0.2) is 9.97 Å². The first kappa shape index (κ1) is 14.9. The Morgan fingerprint density at radius 1 is 1.29 bits per heavy atom. The van der Waals surface area contributed by atoms with Crippen molar-refractivity contribution in [3.05, 3.63) is 40.5 Å². The van der Waals surface area contributed by atoms with Crippen molar-refractivity contribution < 1.29 is 0 Å². The Balaban J connectivity index is 2.06. The normalized spacial score (nSPS) is 10.7. The van der Waals surface area contributed by atoms with Crippen LogP contribution in [0.4, 0.5) is 0 Å². The van der Waals surface area contributed by atoms with Gasteiger partial charge < -0.3 is 0 Å². The van der Waals surface area contributed by atoms with Crippen molar-refractivity contribution in [3.63, 3.8) is 0 Å². The second-order valence-electron chi connectivity index (χ2n) is 4.01. The molecular weight excluding hydrogens is 386 g/mol. The zero-order chi connectivity index (χ0) is 14.8. The molecule has 0 unspecified atom stereocenters. The molecule has 2 aromatic heterocycles. The fourth-order valence-electron chi connectivity index (χ4n) is 1.73. The highest BCUT2D eigenvalue weighted by atomic mass is 79.9. The number of thiazole rings is 1. The zero-order valence-corrected chi connectivity index (χ0v) is 14.9. The van der Waals surface area contributed by atoms with E-state index in [4.69, 9.17) is 0 Å². The van der Waals surface area contributed by atoms with Crippen LogP contribution in [-0.4, -0.2) is 16.2 Å². The average Bonchev–Trinajstić information content (AvgIpc) is 2.88. The Morgan fingerprint density at radius 3 is 2.86 bits per heavy atom. The van der Waals surface area contributed by atoms with E-state index in [2.05, 4.69) is 32.0 Å². The highest BCUT2D eigenvalue weighted by Gasteiger charge is 2.12. The Morgan fingerprint density at radius 2 is 2.14 bits per heavy atom. The van der Waals surface area contributed by atoms with Gasteiger partial charge in [0, 0.05) is 9.37 Å². The van der Waals surface area contributed by atoms with Crippen LogP contribution in [0.15, 0.2) is 48.9 Å². The molecule has 3 rings (SSSR count). The summed E-state index contributed by atoms with van der Waals surface area (Å²) in [5.74, 6) is 0. The lowest BCUT2D eigenvalue weighted by atomic mass is 10.3. The number of fused-ring (bicyclic) bond motifs is 1. The molecular formula is C14H8BrN3S3. The van der Waals surface area contributed by atoms with Crippen LogP contribution in [-0.2, 0) is 0 Å². The number of nitriles is 1. The third-order valence-corrected chi connectivity index (χ3v) is 6.12. The van der Waals surface area contributed by atoms with Gasteiger partial charge in [-0.1, -0.05) is 45.5 Å². The fourth-order valence-corrected chi connectivity index (χ4v) is 4.77. The van der Waals surface area contributed by atoms with Crippen molar-refractivity contribution in [2.75, 3.05) is 6.26 Å². The van der Waals surface area contributed by atoms with Crippen molar-refractivity contribution in [2.24, 2.45) is 0 Å². The number of rotatable bonds is 3. The summed E-state index contributed by atoms with van der Waals surface area (Å²) in [6.45, 7) is 0. The summed E-state index contributed by atoms with van der Waals surface area (Å²) >= 11 is 8.19. The number of hydrogen-bond acceptors (Lipinski definition) is 6. The van der Waals surface area contributed by atoms with Gasteiger partial charge in [0.1, 0.15) is 6.07 Å². The van der Waals surface area contributed by atoms with Gasteiger partial charge in [-0.3, -0.25) is 0 Å². The van der Waals surface area contributed by atoms with E-state index < -0.39 is 0 Å². The Hall–Kier alpha value is -1.07. The van der Waals surface area contributed by atoms with Gasteiger partial charge in [0.2, 0.25) is 0 Å². The van der Waals surface area contributed by atoms with Gasteiger partial charge >= 0.3 is 0 Å². The van der Waals surface area contributed by atoms with Crippen LogP contribution in [0.25, 0.3) is 10.3 Å². The van der Waals surface area contributed by atoms with Crippen molar-refractivity contribution in [3.8, 4) is 6.07 Å². The number of halogens is 1. The molecule has 0 aliphatic heterocycles. The second-order valence-corrected chi connectivity index (χ2v) is 8.13. The maximum absolute atomic E-state index is 9.31. The summed E-state index contributed by atoms with van der Waals surface area (Å²) < 4.78 is 2.99. The van der Waals surface area contributed by atoms with Gasteiger partial charge in [-0.2, -0.15) is 5.26 Å². The minimum Gasteiger partial charge on any atom is -0.215 e. The molecule has 7 heteroatoms. The number of benzene rings is 1. The van der Waals surface area contributed by atoms with Crippen molar-refractivity contribution in [1.29, 1.82) is 5.26 Å². The second kappa shape index (κ2) is 6.36. The number of hydrogen-bond donors (Lipinski definition) is 0. The van der Waals surface area contributed by atoms with Crippen molar-refractivity contribution >= 4 is 61.1 Å². The molecule has 104 valence electrons. The van der Waals surface area contributed by atoms with E-state index in [1.54, 1.807) is 34.9 Å². The predicted molar refractivity (Wildman–Crippen MR) is 92.2 cm³/mol. The third kappa shape index (κ3) is 3.24. The number of pyridine rings is 1. The van der Waals surface area contributed by atoms with E-state index in [1.807, 2.05) is 36.6 Å². The van der Waals surface area contributed by atoms with Crippen molar-refractivity contribution in [1.82, 2.24) is 9.97 Å². The number of nitrogens with zero attached hydrogens (tertiary/aromatic N) is 3. The van der Waals surface area contributed by atoms with Crippen LogP contribution in [0.3, 0.4) is 0 Å². The van der Waals surface area contributed by atoms with Crippen LogP contribution >= 0.6 is 50.8 Å². The molecule has 3 aromatic rings. The molecule has 0 fully saturated rings. The van der Waals surface area contributed by atoms with Crippen LogP contribution in [0.2, 0.25) is 0 Å². The highest BCUT2D eigenvalue weighted by molar-refractivity contribution is 9.10. The van der Waals surface area contributed by atoms with Gasteiger partial charge in [-0.05, 0) is 30.5 Å². The first-order chi connectivity index (χ1) is 10.2. The maximum atomic E-state index is 9.31. The summed E-state index contributed by atoms with van der Waals surface area (Å²) in [5, 5.41) is 9.31. The Bertz CT molecular complexity index is 854. The maximum Gasteiger partial charge on any atom is 0.172 e. The molecule has 2 heterocycles. The Labute approximate surface area is 142 Å². The van der Waals surface area contributed by atoms with Gasteiger partial charge in [0.25, 0.3) is 0 Å². The van der Waals surface area contributed by atoms with Crippen LogP contribution in [0.1, 0.15) is 5.69 Å². The predicted octanol–water partition coefficient (Wildman–Crippen LogP) is 5.20. The van der Waals surface area contributed by atoms with Crippen LogP contribution < -0.4 is 0 Å². The summed E-state index contributed by atoms with van der Waals surface area (Å²) in [4.78, 5) is 10.7. The topological polar surface area (TPSA) is 49.6 Å². The van der Waals surface area contributed by atoms with Gasteiger partial charge in [0.05, 0.1) is 9.60 Å². The highest BCUT2D eigenvalue weighted by Crippen LogP contribution is 2.35. The molecule has 0 aliphatic carbocycles. The average molecular weight is 394 g/mol. The number of aromatic nitrogens is 2. The zero-order valence-electron chi connectivity index (χ0n) is 10.8. The lowest BCUT2D eigenvalue weighted by molar-refractivity contribution is 1.17. The summed E-state index contributed by atoms with van der Waals surface area (Å²) in [6, 6.07) is 12.2. The van der Waals surface area contributed by atoms with Gasteiger partial charge in [0.15, 0.2) is 15.7 Å². The Kier molecular flexibility index (Phi) is 4.50. The molecule has 0 spiro atoms. The minimum atomic E-state index is 0.422. The molecule has 0 amide bonds. The lowest BCUT2D eigenvalue weighted by Crippen LogP contribution is -1.88. The molecule has 0 saturated carbocycles. The molecule has 0 bridgehead atoms. The summed E-state index contributed by atoms with van der Waals surface area (Å²) in [6.07, 6.45) is 1.99. The van der Waals surface area contributed by atoms with E-state index in [0.717, 1.165) is 23.3 Å². The molecule has 21 heavy (non-hydrogen) atoms. The van der Waals surface area contributed by atoms with Gasteiger partial charge in [-0.15, -0.1) is 11.3 Å². The monoisotopic (exact) mass is 393 g/mol. The first-order valence-corrected chi connectivity index (χ1v) is 9.54. The molecule has 0 N–H and O–H groups in total. The van der Waals surface area contributed by atoms with E-state index in [9.17, 15) is 5.26 Å². The smallest absolute Gasteiger partial charge is 0.172 e. The van der Waals surface area contributed by atoms with E-state index in [-0.39, 0.29) is 0 Å². The summed E-state index contributed by atoms with van der Waals surface area (Å²) in [7, 11) is 0. The standard InChI is InChI=1S/C14H8BrN3S3/c1-19-14-18-13-12(21-14)6-11(10(7-16)17-13)20-9-4-2-3-8(15)5-9/h2-6H,1H3. The van der Waals surface area contributed by atoms with Crippen LogP contribution in [0.5, 0.6) is 0 Å². The first-order valence-electron chi connectivity index (χ1n) is 5.88. The van der Waals surface area contributed by atoms with E-state index in [0.29, 0.717) is 11.3 Å². The third-order valence-electron chi connectivity index (χ3n) is 2.63. The molecule has 0 radical (unpaired) electrons. The quantitative estimate of drug-likeness (QED) is 0.572. The molecule has 0 saturated heterocycles.